The van der Waals surface area contributed by atoms with Gasteiger partial charge in [0.1, 0.15) is 30.2 Å². The van der Waals surface area contributed by atoms with E-state index in [-0.39, 0.29) is 70.5 Å². The van der Waals surface area contributed by atoms with Crippen LogP contribution in [0.25, 0.3) is 0 Å². The van der Waals surface area contributed by atoms with Gasteiger partial charge in [-0.3, -0.25) is 43.3 Å². The van der Waals surface area contributed by atoms with E-state index in [0.717, 1.165) is 0 Å². The molecule has 0 aliphatic carbocycles. The molecule has 1 aromatic carbocycles. The number of nitrogens with one attached hydrogen (secondary N) is 6. The van der Waals surface area contributed by atoms with Crippen LogP contribution in [0.3, 0.4) is 0 Å². The molecule has 0 bridgehead atoms. The van der Waals surface area contributed by atoms with E-state index in [0.29, 0.717) is 12.0 Å². The van der Waals surface area contributed by atoms with Gasteiger partial charge in [0.05, 0.1) is 6.54 Å². The van der Waals surface area contributed by atoms with E-state index in [4.69, 9.17) is 17.2 Å². The maximum absolute atomic E-state index is 13.9. The van der Waals surface area contributed by atoms with Gasteiger partial charge in [-0.1, -0.05) is 30.3 Å². The number of primary amides is 1. The van der Waals surface area contributed by atoms with Crippen molar-refractivity contribution in [3.63, 3.8) is 0 Å². The summed E-state index contributed by atoms with van der Waals surface area (Å²) in [5.41, 5.74) is 17.1. The summed E-state index contributed by atoms with van der Waals surface area (Å²) in [4.78, 5) is 110. The number of amides is 8. The number of rotatable bonds is 10. The molecule has 0 saturated carbocycles. The van der Waals surface area contributed by atoms with Crippen molar-refractivity contribution in [1.82, 2.24) is 36.8 Å². The topological polar surface area (TPSA) is 302 Å². The zero-order valence-electron chi connectivity index (χ0n) is 29.2. The Kier molecular flexibility index (Phi) is 15.8. The molecule has 8 amide bonds. The minimum absolute atomic E-state index is 0.0287. The van der Waals surface area contributed by atoms with Crippen LogP contribution < -0.4 is 49.1 Å². The van der Waals surface area contributed by atoms with E-state index in [1.165, 1.54) is 11.8 Å². The Morgan fingerprint density at radius 2 is 1.60 bits per heavy atom. The second kappa shape index (κ2) is 20.2. The van der Waals surface area contributed by atoms with E-state index in [9.17, 15) is 38.4 Å². The molecule has 2 heterocycles. The Morgan fingerprint density at radius 3 is 2.27 bits per heavy atom. The summed E-state index contributed by atoms with van der Waals surface area (Å²) in [7, 11) is 0. The highest BCUT2D eigenvalue weighted by Gasteiger charge is 2.39. The molecule has 3 rings (SSSR count). The van der Waals surface area contributed by atoms with Crippen LogP contribution in [0.2, 0.25) is 0 Å². The van der Waals surface area contributed by atoms with Gasteiger partial charge >= 0.3 is 0 Å². The molecule has 0 aromatic heterocycles. The van der Waals surface area contributed by atoms with Gasteiger partial charge in [0.25, 0.3) is 0 Å². The predicted molar refractivity (Wildman–Crippen MR) is 187 cm³/mol. The average Bonchev–Trinajstić information content (AvgIpc) is 3.59. The highest BCUT2D eigenvalue weighted by molar-refractivity contribution is 5.97. The minimum atomic E-state index is -1.23. The molecule has 19 nitrogen and oxygen atoms in total. The van der Waals surface area contributed by atoms with Crippen LogP contribution in [0, 0.1) is 0 Å². The first kappa shape index (κ1) is 40.7. The minimum Gasteiger partial charge on any atom is -0.370 e. The predicted octanol–water partition coefficient (Wildman–Crippen LogP) is -3.87. The summed E-state index contributed by atoms with van der Waals surface area (Å²) in [5, 5.41) is 15.5. The second-order valence-corrected chi connectivity index (χ2v) is 12.6. The van der Waals surface area contributed by atoms with Crippen LogP contribution in [0.4, 0.5) is 0 Å². The molecular formula is C33H49N11O8. The van der Waals surface area contributed by atoms with Gasteiger partial charge in [-0.25, -0.2) is 0 Å². The fourth-order valence-corrected chi connectivity index (χ4v) is 5.86. The Balaban J connectivity index is 1.97. The highest BCUT2D eigenvalue weighted by Crippen LogP contribution is 2.20. The zero-order chi connectivity index (χ0) is 38.2. The lowest BCUT2D eigenvalue weighted by Crippen LogP contribution is -2.59. The third-order valence-corrected chi connectivity index (χ3v) is 8.54. The molecule has 2 aliphatic heterocycles. The van der Waals surface area contributed by atoms with Gasteiger partial charge < -0.3 is 54.0 Å². The van der Waals surface area contributed by atoms with Crippen LogP contribution in [0.5, 0.6) is 0 Å². The van der Waals surface area contributed by atoms with Crippen molar-refractivity contribution in [3.8, 4) is 0 Å². The summed E-state index contributed by atoms with van der Waals surface area (Å²) in [5.74, 6) is -5.41. The lowest BCUT2D eigenvalue weighted by Gasteiger charge is -2.30. The van der Waals surface area contributed by atoms with Crippen LogP contribution in [-0.4, -0.2) is 115 Å². The number of guanidine groups is 1. The molecule has 2 fully saturated rings. The van der Waals surface area contributed by atoms with Crippen molar-refractivity contribution < 1.29 is 38.4 Å². The molecule has 2 aliphatic rings. The van der Waals surface area contributed by atoms with E-state index in [1.54, 1.807) is 30.3 Å². The molecule has 5 atom stereocenters. The maximum Gasteiger partial charge on any atom is 0.245 e. The quantitative estimate of drug-likeness (QED) is 0.0642. The molecule has 0 radical (unpaired) electrons. The third kappa shape index (κ3) is 13.2. The van der Waals surface area contributed by atoms with Crippen molar-refractivity contribution in [2.24, 2.45) is 22.2 Å². The summed E-state index contributed by atoms with van der Waals surface area (Å²) < 4.78 is 0. The normalized spacial score (nSPS) is 23.6. The van der Waals surface area contributed by atoms with Crippen LogP contribution >= 0.6 is 0 Å². The first-order chi connectivity index (χ1) is 24.7. The number of fused-ring (bicyclic) bond motifs is 1. The van der Waals surface area contributed by atoms with Gasteiger partial charge in [-0.15, -0.1) is 0 Å². The molecule has 1 aromatic rings. The molecule has 52 heavy (non-hydrogen) atoms. The molecule has 12 N–H and O–H groups in total. The molecule has 2 saturated heterocycles. The standard InChI is InChI=1S/C33H49N11O8/c1-19(45)39-18-27(47)40-23-11-12-26(46)37-15-13-21(28(34)48)41-29(49)22(9-5-14-38-33(35)36)42-30(50)24(17-20-7-3-2-4-8-20)43-31(51)25-10-6-16-44(25)32(23)52/h2-4,7-8,21-25H,5-6,9-18H2,1H3,(H2,34,48)(H,37,46)(H,39,45)(H,40,47)(H,41,49)(H,42,50)(H,43,51)(H4,35,36,38)/t21?,22-,23?,24?,25-/m0/s1. The number of carbonyl (C=O) groups is 8. The van der Waals surface area contributed by atoms with Crippen molar-refractivity contribution in [2.45, 2.75) is 88.5 Å². The fourth-order valence-electron chi connectivity index (χ4n) is 5.86. The first-order valence-electron chi connectivity index (χ1n) is 17.2. The lowest BCUT2D eigenvalue weighted by molar-refractivity contribution is -0.142. The monoisotopic (exact) mass is 727 g/mol. The Labute approximate surface area is 301 Å². The summed E-state index contributed by atoms with van der Waals surface area (Å²) in [6.07, 6.45) is 0.552. The fraction of sp³-hybridized carbons (Fsp3) is 0.545. The van der Waals surface area contributed by atoms with Gasteiger partial charge in [0.2, 0.25) is 47.3 Å². The van der Waals surface area contributed by atoms with E-state index < -0.39 is 84.0 Å². The van der Waals surface area contributed by atoms with E-state index >= 15 is 0 Å². The van der Waals surface area contributed by atoms with Crippen LogP contribution in [0.15, 0.2) is 35.3 Å². The third-order valence-electron chi connectivity index (χ3n) is 8.54. The Hall–Kier alpha value is -5.75. The van der Waals surface area contributed by atoms with Crippen molar-refractivity contribution in [1.29, 1.82) is 0 Å². The van der Waals surface area contributed by atoms with Crippen LogP contribution in [0.1, 0.15) is 57.4 Å². The number of nitrogens with zero attached hydrogens (tertiary/aromatic N) is 2. The molecule has 284 valence electrons. The molecule has 3 unspecified atom stereocenters. The Bertz CT molecular complexity index is 1500. The number of aliphatic imine (C=N–C) groups is 1. The SMILES string of the molecule is CC(=O)NCC(=O)NC1CCC(=O)NCCC(C(N)=O)NC(=O)[C@H](CCCN=C(N)N)NC(=O)C(Cc2ccccc2)NC(=O)[C@@H]2CCCN2C1=O. The highest BCUT2D eigenvalue weighted by atomic mass is 16.2. The smallest absolute Gasteiger partial charge is 0.245 e. The first-order valence-corrected chi connectivity index (χ1v) is 17.2. The van der Waals surface area contributed by atoms with Gasteiger partial charge in [-0.05, 0) is 44.1 Å². The van der Waals surface area contributed by atoms with Crippen molar-refractivity contribution in [3.05, 3.63) is 35.9 Å². The van der Waals surface area contributed by atoms with Gasteiger partial charge in [-0.2, -0.15) is 0 Å². The summed E-state index contributed by atoms with van der Waals surface area (Å²) in [6, 6.07) is 2.95. The number of nitrogens with two attached hydrogens (primary N) is 3. The van der Waals surface area contributed by atoms with E-state index in [1.807, 2.05) is 0 Å². The molecular weight excluding hydrogens is 678 g/mol. The summed E-state index contributed by atoms with van der Waals surface area (Å²) >= 11 is 0. The summed E-state index contributed by atoms with van der Waals surface area (Å²) in [6.45, 7) is 1.03. The largest absolute Gasteiger partial charge is 0.370 e. The molecule has 0 spiro atoms. The van der Waals surface area contributed by atoms with Crippen molar-refractivity contribution in [2.75, 3.05) is 26.2 Å². The number of hydrogen-bond donors (Lipinski definition) is 9. The van der Waals surface area contributed by atoms with Gasteiger partial charge in [0.15, 0.2) is 5.96 Å². The molecule has 19 heteroatoms. The lowest BCUT2D eigenvalue weighted by atomic mass is 10.0. The number of carbonyl (C=O) groups excluding carboxylic acids is 8. The van der Waals surface area contributed by atoms with Gasteiger partial charge in [0, 0.05) is 39.4 Å². The number of benzene rings is 1. The number of hydrogen-bond acceptors (Lipinski definition) is 9. The van der Waals surface area contributed by atoms with Crippen molar-refractivity contribution >= 4 is 53.2 Å². The Morgan fingerprint density at radius 1 is 0.904 bits per heavy atom. The second-order valence-electron chi connectivity index (χ2n) is 12.6. The zero-order valence-corrected chi connectivity index (χ0v) is 29.2. The van der Waals surface area contributed by atoms with E-state index in [2.05, 4.69) is 36.9 Å². The van der Waals surface area contributed by atoms with Crippen LogP contribution in [-0.2, 0) is 44.8 Å². The average molecular weight is 728 g/mol. The maximum atomic E-state index is 13.9.